The molecule has 18 heteroatoms. The quantitative estimate of drug-likeness (QED) is 0.210. The molecule has 4 fully saturated rings. The number of hydrogen-bond donors (Lipinski definition) is 2. The Hall–Kier alpha value is -2.91. The molecular weight excluding hydrogens is 891 g/mol. The van der Waals surface area contributed by atoms with E-state index in [2.05, 4.69) is 0 Å². The van der Waals surface area contributed by atoms with E-state index in [9.17, 15) is 24.6 Å². The average molecular weight is 966 g/mol. The summed E-state index contributed by atoms with van der Waals surface area (Å²) in [5.41, 5.74) is -3.57. The van der Waals surface area contributed by atoms with Crippen LogP contribution < -0.4 is 9.47 Å². The average Bonchev–Trinajstić information content (AvgIpc) is 3.88. The van der Waals surface area contributed by atoms with Crippen molar-refractivity contribution in [2.24, 2.45) is 29.6 Å². The molecule has 2 unspecified atom stereocenters. The molecule has 5 aliphatic heterocycles. The predicted molar refractivity (Wildman–Crippen MR) is 246 cm³/mol. The first kappa shape index (κ1) is 53.4. The van der Waals surface area contributed by atoms with Gasteiger partial charge in [-0.25, -0.2) is 0 Å². The number of ether oxygens (including phenoxy) is 10. The Balaban J connectivity index is 1.42. The fourth-order valence-corrected chi connectivity index (χ4v) is 12.7. The molecular formula is C49H75NO16S. The van der Waals surface area contributed by atoms with Gasteiger partial charge in [-0.1, -0.05) is 33.8 Å². The Morgan fingerprint density at radius 1 is 0.896 bits per heavy atom. The monoisotopic (exact) mass is 965 g/mol. The summed E-state index contributed by atoms with van der Waals surface area (Å²) in [7, 11) is 6.79. The first-order valence-electron chi connectivity index (χ1n) is 23.7. The lowest BCUT2D eigenvalue weighted by molar-refractivity contribution is -0.319. The summed E-state index contributed by atoms with van der Waals surface area (Å²) in [6, 6.07) is 4.73. The first-order chi connectivity index (χ1) is 31.4. The van der Waals surface area contributed by atoms with Crippen LogP contribution >= 0.6 is 11.8 Å². The summed E-state index contributed by atoms with van der Waals surface area (Å²) in [4.78, 5) is 60.0. The van der Waals surface area contributed by atoms with Crippen molar-refractivity contribution in [3.8, 4) is 11.5 Å². The van der Waals surface area contributed by atoms with Crippen LogP contribution in [0.4, 0.5) is 0 Å². The van der Waals surface area contributed by atoms with E-state index in [4.69, 9.17) is 47.4 Å². The molecule has 0 aromatic heterocycles. The van der Waals surface area contributed by atoms with Crippen molar-refractivity contribution in [3.63, 3.8) is 0 Å². The summed E-state index contributed by atoms with van der Waals surface area (Å²) in [6.07, 6.45) is -7.34. The van der Waals surface area contributed by atoms with Gasteiger partial charge in [-0.2, -0.15) is 0 Å². The lowest BCUT2D eigenvalue weighted by atomic mass is 9.70. The fourth-order valence-electron chi connectivity index (χ4n) is 11.3. The van der Waals surface area contributed by atoms with E-state index in [1.807, 2.05) is 46.7 Å². The minimum atomic E-state index is -1.50. The topological polar surface area (TPSA) is 204 Å². The van der Waals surface area contributed by atoms with Gasteiger partial charge in [-0.3, -0.25) is 19.2 Å². The molecule has 4 saturated heterocycles. The maximum Gasteiger partial charge on any atom is 0.320 e. The fraction of sp³-hybridized carbons (Fsp3) is 0.796. The Bertz CT molecular complexity index is 1940. The molecule has 1 aromatic rings. The third kappa shape index (κ3) is 10.6. The van der Waals surface area contributed by atoms with Crippen LogP contribution in [0.3, 0.4) is 0 Å². The molecule has 6 rings (SSSR count). The van der Waals surface area contributed by atoms with Crippen LogP contribution in [0.25, 0.3) is 0 Å². The molecule has 0 radical (unpaired) electrons. The van der Waals surface area contributed by atoms with Crippen LogP contribution in [0.2, 0.25) is 0 Å². The van der Waals surface area contributed by atoms with Crippen molar-refractivity contribution in [3.05, 3.63) is 23.8 Å². The number of fused-ring (bicyclic) bond motifs is 2. The zero-order valence-corrected chi connectivity index (χ0v) is 42.5. The molecule has 5 aliphatic rings. The van der Waals surface area contributed by atoms with Gasteiger partial charge >= 0.3 is 11.9 Å². The third-order valence-corrected chi connectivity index (χ3v) is 16.6. The van der Waals surface area contributed by atoms with Crippen molar-refractivity contribution < 1.29 is 76.8 Å². The molecule has 378 valence electrons. The highest BCUT2D eigenvalue weighted by Crippen LogP contribution is 2.50. The summed E-state index contributed by atoms with van der Waals surface area (Å²) in [5, 5.41) is 21.9. The van der Waals surface area contributed by atoms with Gasteiger partial charge in [0.2, 0.25) is 6.79 Å². The van der Waals surface area contributed by atoms with Crippen molar-refractivity contribution in [2.45, 2.75) is 178 Å². The number of methoxy groups -OCH3 is 2. The highest BCUT2D eigenvalue weighted by molar-refractivity contribution is 8.01. The van der Waals surface area contributed by atoms with E-state index >= 15 is 4.79 Å². The number of cyclic esters (lactones) is 1. The Morgan fingerprint density at radius 3 is 2.22 bits per heavy atom. The molecule has 19 atom stereocenters. The number of aliphatic hydroxyl groups is 2. The molecule has 0 saturated carbocycles. The maximum atomic E-state index is 15.1. The van der Waals surface area contributed by atoms with Gasteiger partial charge in [0.15, 0.2) is 35.5 Å². The van der Waals surface area contributed by atoms with Gasteiger partial charge in [-0.05, 0) is 87.0 Å². The van der Waals surface area contributed by atoms with Crippen molar-refractivity contribution in [1.29, 1.82) is 0 Å². The molecule has 67 heavy (non-hydrogen) atoms. The molecule has 0 amide bonds. The SMILES string of the molecule is CC[C@H]1OC(=O)[C@H](C)[C@@H](O[C@H]2C[C@@](C)(OC)[C@@H](O)[C@@H](C)O2)[C@H](C)[C@@H](O[C@@H]2O[C@H](C)C[C@H](N(C)C)[C@H]2O)[C@](C)(OC)C[C@@H](C)C(=O)[C@@H](C)C2C(SCC(=O)c3cccc4c3OCO4)C(=O)O[C@@]21C. The smallest absolute Gasteiger partial charge is 0.320 e. The van der Waals surface area contributed by atoms with E-state index < -0.39 is 113 Å². The molecule has 1 aromatic carbocycles. The van der Waals surface area contributed by atoms with E-state index in [1.54, 1.807) is 59.7 Å². The van der Waals surface area contributed by atoms with Crippen LogP contribution in [-0.4, -0.2) is 163 Å². The molecule has 5 heterocycles. The lowest BCUT2D eigenvalue weighted by Crippen LogP contribution is -2.61. The second-order valence-electron chi connectivity index (χ2n) is 20.3. The highest BCUT2D eigenvalue weighted by atomic mass is 32.2. The predicted octanol–water partition coefficient (Wildman–Crippen LogP) is 4.97. The number of carbonyl (C=O) groups is 4. The number of esters is 2. The lowest BCUT2D eigenvalue weighted by Gasteiger charge is -2.50. The van der Waals surface area contributed by atoms with Gasteiger partial charge in [0.25, 0.3) is 0 Å². The van der Waals surface area contributed by atoms with Gasteiger partial charge in [0.1, 0.15) is 29.3 Å². The van der Waals surface area contributed by atoms with Crippen molar-refractivity contribution in [1.82, 2.24) is 4.90 Å². The number of benzene rings is 1. The number of nitrogens with zero attached hydrogens (tertiary/aromatic N) is 1. The van der Waals surface area contributed by atoms with E-state index in [-0.39, 0.29) is 55.5 Å². The van der Waals surface area contributed by atoms with E-state index in [0.717, 1.165) is 11.8 Å². The number of Topliss-reactive ketones (excluding diaryl/α,β-unsaturated/α-hetero) is 2. The number of carbonyl (C=O) groups excluding carboxylic acids is 4. The first-order valence-corrected chi connectivity index (χ1v) is 24.7. The zero-order chi connectivity index (χ0) is 49.5. The maximum absolute atomic E-state index is 15.1. The molecule has 0 aliphatic carbocycles. The summed E-state index contributed by atoms with van der Waals surface area (Å²) < 4.78 is 62.6. The molecule has 0 spiro atoms. The van der Waals surface area contributed by atoms with E-state index in [0.29, 0.717) is 23.5 Å². The highest BCUT2D eigenvalue weighted by Gasteiger charge is 2.62. The number of aliphatic hydroxyl groups excluding tert-OH is 2. The number of ketones is 2. The van der Waals surface area contributed by atoms with E-state index in [1.165, 1.54) is 14.2 Å². The summed E-state index contributed by atoms with van der Waals surface area (Å²) in [6.45, 7) is 17.8. The van der Waals surface area contributed by atoms with Gasteiger partial charge in [0, 0.05) is 50.4 Å². The standard InChI is InChI=1S/C49H75NO16S/c1-15-34-49(10)36(41(45(56)66-49)67-22-32(51)30-17-16-18-33-40(30)60-23-59-33)26(4)37(52)24(2)20-48(9,58-14)43(65-46-38(53)31(50(11)12)19-25(3)61-46)27(5)39(28(6)44(55)63-34)64-35-21-47(8,57-13)42(54)29(7)62-35/h16-18,24-29,31,34-36,38-39,41-43,46,53-54H,15,19-23H2,1-14H3/t24-,25-,26+,27+,28-,29-,31+,34-,35+,36?,38-,39+,41?,42+,43-,46+,47-,48-,49-/m1/s1. The molecule has 2 N–H and O–H groups in total. The van der Waals surface area contributed by atoms with Gasteiger partial charge < -0.3 is 62.5 Å². The Kier molecular flexibility index (Phi) is 16.9. The van der Waals surface area contributed by atoms with Crippen LogP contribution in [-0.2, 0) is 52.3 Å². The largest absolute Gasteiger partial charge is 0.458 e. The Morgan fingerprint density at radius 2 is 1.58 bits per heavy atom. The number of hydrogen-bond acceptors (Lipinski definition) is 18. The van der Waals surface area contributed by atoms with Crippen LogP contribution in [0, 0.1) is 29.6 Å². The van der Waals surface area contributed by atoms with Crippen LogP contribution in [0.15, 0.2) is 18.2 Å². The van der Waals surface area contributed by atoms with Gasteiger partial charge in [0.05, 0.1) is 52.9 Å². The summed E-state index contributed by atoms with van der Waals surface area (Å²) >= 11 is 1.08. The number of para-hydroxylation sites is 1. The minimum absolute atomic E-state index is 0.0200. The molecule has 0 bridgehead atoms. The normalized spacial score (nSPS) is 43.0. The van der Waals surface area contributed by atoms with Crippen LogP contribution in [0.1, 0.15) is 105 Å². The minimum Gasteiger partial charge on any atom is -0.458 e. The molecule has 17 nitrogen and oxygen atoms in total. The second-order valence-corrected chi connectivity index (χ2v) is 21.4. The van der Waals surface area contributed by atoms with Crippen LogP contribution in [0.5, 0.6) is 11.5 Å². The number of rotatable bonds is 12. The third-order valence-electron chi connectivity index (χ3n) is 15.4. The zero-order valence-electron chi connectivity index (χ0n) is 41.7. The number of likely N-dealkylation sites (N-methyl/N-ethyl adjacent to an activating group) is 1. The van der Waals surface area contributed by atoms with Crippen molar-refractivity contribution >= 4 is 35.3 Å². The Labute approximate surface area is 399 Å². The van der Waals surface area contributed by atoms with Crippen molar-refractivity contribution in [2.75, 3.05) is 40.9 Å². The number of thioether (sulfide) groups is 1. The second kappa shape index (κ2) is 21.2. The summed E-state index contributed by atoms with van der Waals surface area (Å²) in [5.74, 6) is -5.39. The van der Waals surface area contributed by atoms with Gasteiger partial charge in [-0.15, -0.1) is 11.8 Å².